The third kappa shape index (κ3) is 4.92. The second kappa shape index (κ2) is 9.26. The number of nitrogens with zero attached hydrogens (tertiary/aromatic N) is 1. The Balaban J connectivity index is 1.61. The van der Waals surface area contributed by atoms with E-state index in [1.165, 1.54) is 0 Å². The number of amides is 1. The first kappa shape index (κ1) is 23.7. The summed E-state index contributed by atoms with van der Waals surface area (Å²) in [7, 11) is -3.73. The number of hydrogen-bond donors (Lipinski definition) is 2. The molecular formula is C24H29N3O4S. The van der Waals surface area contributed by atoms with E-state index in [0.717, 1.165) is 33.4 Å². The lowest BCUT2D eigenvalue weighted by Crippen LogP contribution is -2.29. The lowest BCUT2D eigenvalue weighted by atomic mass is 9.95. The second-order valence-electron chi connectivity index (χ2n) is 7.97. The highest BCUT2D eigenvalue weighted by Gasteiger charge is 2.23. The molecule has 8 heteroatoms. The Labute approximate surface area is 189 Å². The normalized spacial score (nSPS) is 11.6. The summed E-state index contributed by atoms with van der Waals surface area (Å²) in [5.74, 6) is 0.962. The maximum Gasteiger partial charge on any atom is 0.241 e. The van der Waals surface area contributed by atoms with Crippen molar-refractivity contribution in [2.24, 2.45) is 0 Å². The predicted octanol–water partition coefficient (Wildman–Crippen LogP) is 4.50. The zero-order chi connectivity index (χ0) is 23.6. The molecule has 0 aliphatic rings. The standard InChI is InChI=1S/C24H29N3O4S/c1-14-15(2)17(4)24(18(5)16(14)3)32(29,30)26-12-11-23(28)27-21-9-7-20(8-10-21)22-13-25-19(6)31-22/h7-10,13,26H,11-12H2,1-6H3,(H,27,28). The van der Waals surface area contributed by atoms with Crippen molar-refractivity contribution >= 4 is 21.6 Å². The van der Waals surface area contributed by atoms with Gasteiger partial charge in [0.2, 0.25) is 15.9 Å². The number of carbonyl (C=O) groups is 1. The van der Waals surface area contributed by atoms with Crippen LogP contribution in [0.15, 0.2) is 39.8 Å². The van der Waals surface area contributed by atoms with Gasteiger partial charge in [0.15, 0.2) is 11.7 Å². The summed E-state index contributed by atoms with van der Waals surface area (Å²) >= 11 is 0. The summed E-state index contributed by atoms with van der Waals surface area (Å²) in [6.07, 6.45) is 1.67. The molecule has 1 amide bonds. The molecule has 3 aromatic rings. The van der Waals surface area contributed by atoms with E-state index in [4.69, 9.17) is 4.42 Å². The first-order chi connectivity index (χ1) is 15.0. The smallest absolute Gasteiger partial charge is 0.241 e. The van der Waals surface area contributed by atoms with Gasteiger partial charge in [-0.3, -0.25) is 4.79 Å². The van der Waals surface area contributed by atoms with Crippen LogP contribution in [-0.4, -0.2) is 25.9 Å². The fourth-order valence-corrected chi connectivity index (χ4v) is 5.30. The van der Waals surface area contributed by atoms with Gasteiger partial charge in [0.25, 0.3) is 0 Å². The van der Waals surface area contributed by atoms with Crippen molar-refractivity contribution in [1.82, 2.24) is 9.71 Å². The molecule has 0 saturated heterocycles. The number of benzene rings is 2. The molecule has 32 heavy (non-hydrogen) atoms. The van der Waals surface area contributed by atoms with Crippen molar-refractivity contribution in [3.05, 3.63) is 64.2 Å². The Morgan fingerprint density at radius 1 is 0.906 bits per heavy atom. The number of nitrogens with one attached hydrogen (secondary N) is 2. The minimum absolute atomic E-state index is 0.00838. The van der Waals surface area contributed by atoms with Gasteiger partial charge < -0.3 is 9.73 Å². The summed E-state index contributed by atoms with van der Waals surface area (Å²) in [5, 5.41) is 2.78. The largest absolute Gasteiger partial charge is 0.441 e. The number of aromatic nitrogens is 1. The number of hydrogen-bond acceptors (Lipinski definition) is 5. The van der Waals surface area contributed by atoms with Crippen molar-refractivity contribution in [3.63, 3.8) is 0 Å². The SMILES string of the molecule is Cc1ncc(-c2ccc(NC(=O)CCNS(=O)(=O)c3c(C)c(C)c(C)c(C)c3C)cc2)o1. The summed E-state index contributed by atoms with van der Waals surface area (Å²) in [6, 6.07) is 7.18. The van der Waals surface area contributed by atoms with E-state index in [0.29, 0.717) is 22.2 Å². The molecule has 1 heterocycles. The Kier molecular flexibility index (Phi) is 6.85. The predicted molar refractivity (Wildman–Crippen MR) is 125 cm³/mol. The van der Waals surface area contributed by atoms with E-state index >= 15 is 0 Å². The molecule has 0 saturated carbocycles. The zero-order valence-electron chi connectivity index (χ0n) is 19.3. The lowest BCUT2D eigenvalue weighted by Gasteiger charge is -2.19. The number of aryl methyl sites for hydroxylation is 1. The lowest BCUT2D eigenvalue weighted by molar-refractivity contribution is -0.116. The highest BCUT2D eigenvalue weighted by molar-refractivity contribution is 7.89. The first-order valence-corrected chi connectivity index (χ1v) is 11.9. The number of carbonyl (C=O) groups excluding carboxylic acids is 1. The monoisotopic (exact) mass is 455 g/mol. The maximum atomic E-state index is 12.9. The molecule has 0 radical (unpaired) electrons. The Bertz CT molecular complexity index is 1230. The van der Waals surface area contributed by atoms with E-state index in [1.807, 2.05) is 46.8 Å². The van der Waals surface area contributed by atoms with Gasteiger partial charge in [-0.2, -0.15) is 0 Å². The first-order valence-electron chi connectivity index (χ1n) is 10.4. The third-order valence-electron chi connectivity index (χ3n) is 5.92. The fourth-order valence-electron chi connectivity index (χ4n) is 3.68. The van der Waals surface area contributed by atoms with Crippen LogP contribution >= 0.6 is 0 Å². The minimum atomic E-state index is -3.73. The van der Waals surface area contributed by atoms with Gasteiger partial charge in [-0.25, -0.2) is 18.1 Å². The van der Waals surface area contributed by atoms with Crippen molar-refractivity contribution in [1.29, 1.82) is 0 Å². The van der Waals surface area contributed by atoms with Crippen LogP contribution in [0.5, 0.6) is 0 Å². The van der Waals surface area contributed by atoms with Gasteiger partial charge in [-0.15, -0.1) is 0 Å². The van der Waals surface area contributed by atoms with Crippen LogP contribution in [0.25, 0.3) is 11.3 Å². The van der Waals surface area contributed by atoms with Crippen LogP contribution < -0.4 is 10.0 Å². The molecule has 2 N–H and O–H groups in total. The molecule has 7 nitrogen and oxygen atoms in total. The molecule has 2 aromatic carbocycles. The fraction of sp³-hybridized carbons (Fsp3) is 0.333. The highest BCUT2D eigenvalue weighted by Crippen LogP contribution is 2.29. The molecule has 0 bridgehead atoms. The molecule has 0 fully saturated rings. The van der Waals surface area contributed by atoms with Gasteiger partial charge in [0.05, 0.1) is 11.1 Å². The van der Waals surface area contributed by atoms with Gasteiger partial charge in [-0.1, -0.05) is 0 Å². The van der Waals surface area contributed by atoms with Gasteiger partial charge in [-0.05, 0) is 86.7 Å². The van der Waals surface area contributed by atoms with E-state index in [2.05, 4.69) is 15.0 Å². The molecule has 1 aromatic heterocycles. The quantitative estimate of drug-likeness (QED) is 0.546. The van der Waals surface area contributed by atoms with Gasteiger partial charge >= 0.3 is 0 Å². The van der Waals surface area contributed by atoms with Crippen LogP contribution in [-0.2, 0) is 14.8 Å². The highest BCUT2D eigenvalue weighted by atomic mass is 32.2. The van der Waals surface area contributed by atoms with Crippen molar-refractivity contribution in [2.45, 2.75) is 52.9 Å². The van der Waals surface area contributed by atoms with Gasteiger partial charge in [0.1, 0.15) is 0 Å². The number of anilines is 1. The molecule has 170 valence electrons. The average Bonchev–Trinajstić information content (AvgIpc) is 3.17. The Morgan fingerprint density at radius 3 is 2.00 bits per heavy atom. The van der Waals surface area contributed by atoms with Crippen molar-refractivity contribution in [2.75, 3.05) is 11.9 Å². The van der Waals surface area contributed by atoms with Crippen LogP contribution in [0.2, 0.25) is 0 Å². The average molecular weight is 456 g/mol. The van der Waals surface area contributed by atoms with E-state index < -0.39 is 10.0 Å². The van der Waals surface area contributed by atoms with E-state index in [1.54, 1.807) is 25.3 Å². The van der Waals surface area contributed by atoms with Crippen LogP contribution in [0.1, 0.15) is 40.1 Å². The van der Waals surface area contributed by atoms with E-state index in [-0.39, 0.29) is 18.9 Å². The Hall–Kier alpha value is -2.97. The minimum Gasteiger partial charge on any atom is -0.441 e. The molecule has 0 aliphatic heterocycles. The van der Waals surface area contributed by atoms with Crippen molar-refractivity contribution in [3.8, 4) is 11.3 Å². The molecular weight excluding hydrogens is 426 g/mol. The summed E-state index contributed by atoms with van der Waals surface area (Å²) in [4.78, 5) is 16.7. The Morgan fingerprint density at radius 2 is 1.47 bits per heavy atom. The second-order valence-corrected chi connectivity index (χ2v) is 9.67. The molecule has 0 atom stereocenters. The molecule has 0 spiro atoms. The zero-order valence-corrected chi connectivity index (χ0v) is 20.1. The maximum absolute atomic E-state index is 12.9. The number of rotatable bonds is 7. The van der Waals surface area contributed by atoms with E-state index in [9.17, 15) is 13.2 Å². The van der Waals surface area contributed by atoms with Gasteiger partial charge in [0, 0.05) is 31.1 Å². The van der Waals surface area contributed by atoms with Crippen LogP contribution in [0.3, 0.4) is 0 Å². The topological polar surface area (TPSA) is 101 Å². The molecule has 0 aliphatic carbocycles. The number of oxazole rings is 1. The molecule has 0 unspecified atom stereocenters. The summed E-state index contributed by atoms with van der Waals surface area (Å²) in [5.41, 5.74) is 5.99. The van der Waals surface area contributed by atoms with Crippen molar-refractivity contribution < 1.29 is 17.6 Å². The summed E-state index contributed by atoms with van der Waals surface area (Å²) in [6.45, 7) is 11.3. The van der Waals surface area contributed by atoms with Crippen LogP contribution in [0.4, 0.5) is 5.69 Å². The van der Waals surface area contributed by atoms with Crippen LogP contribution in [0, 0.1) is 41.5 Å². The number of sulfonamides is 1. The molecule has 3 rings (SSSR count). The summed E-state index contributed by atoms with van der Waals surface area (Å²) < 4.78 is 34.0. The third-order valence-corrected chi connectivity index (χ3v) is 7.65.